The zero-order valence-electron chi connectivity index (χ0n) is 5.02. The second-order valence-corrected chi connectivity index (χ2v) is 4.17. The highest BCUT2D eigenvalue weighted by molar-refractivity contribution is 8.13. The Morgan fingerprint density at radius 2 is 2.00 bits per heavy atom. The first-order chi connectivity index (χ1) is 4.06. The van der Waals surface area contributed by atoms with Crippen LogP contribution in [-0.2, 0) is 9.05 Å². The summed E-state index contributed by atoms with van der Waals surface area (Å²) in [5.41, 5.74) is 0. The first-order valence-corrected chi connectivity index (χ1v) is 4.92. The predicted molar refractivity (Wildman–Crippen MR) is 37.7 cm³/mol. The predicted octanol–water partition coefficient (Wildman–Crippen LogP) is 0.968. The van der Waals surface area contributed by atoms with Gasteiger partial charge in [0, 0.05) is 17.1 Å². The summed E-state index contributed by atoms with van der Waals surface area (Å²) in [4.78, 5) is 0. The maximum Gasteiger partial charge on any atom is 0.243 e. The van der Waals surface area contributed by atoms with E-state index in [0.717, 1.165) is 0 Å². The van der Waals surface area contributed by atoms with Crippen molar-refractivity contribution >= 4 is 19.7 Å². The van der Waals surface area contributed by atoms with Crippen molar-refractivity contribution < 1.29 is 8.42 Å². The molecule has 0 aliphatic carbocycles. The third-order valence-corrected chi connectivity index (χ3v) is 1.36. The summed E-state index contributed by atoms with van der Waals surface area (Å²) in [6, 6.07) is 0. The summed E-state index contributed by atoms with van der Waals surface area (Å²) in [5.74, 6) is 4.75. The van der Waals surface area contributed by atoms with E-state index in [-0.39, 0.29) is 5.75 Å². The van der Waals surface area contributed by atoms with Gasteiger partial charge in [0.25, 0.3) is 0 Å². The lowest BCUT2D eigenvalue weighted by Gasteiger charge is -1.79. The maximum atomic E-state index is 10.2. The Morgan fingerprint density at radius 1 is 1.44 bits per heavy atom. The third kappa shape index (κ3) is 7.80. The minimum Gasteiger partial charge on any atom is -0.211 e. The van der Waals surface area contributed by atoms with Crippen molar-refractivity contribution in [3.63, 3.8) is 0 Å². The van der Waals surface area contributed by atoms with Crippen LogP contribution in [0.4, 0.5) is 0 Å². The second-order valence-electron chi connectivity index (χ2n) is 1.39. The number of hydrogen-bond donors (Lipinski definition) is 0. The topological polar surface area (TPSA) is 34.1 Å². The fraction of sp³-hybridized carbons (Fsp3) is 0.600. The van der Waals surface area contributed by atoms with Crippen LogP contribution >= 0.6 is 10.7 Å². The van der Waals surface area contributed by atoms with Gasteiger partial charge in [-0.2, -0.15) is 0 Å². The minimum atomic E-state index is -3.40. The molecule has 0 saturated carbocycles. The molecule has 0 amide bonds. The molecule has 0 saturated heterocycles. The summed E-state index contributed by atoms with van der Waals surface area (Å²) < 4.78 is 20.3. The van der Waals surface area contributed by atoms with Crippen LogP contribution in [0.1, 0.15) is 13.3 Å². The Morgan fingerprint density at radius 3 is 2.33 bits per heavy atom. The standard InChI is InChI=1S/C5H7ClO2S/c1-2-3-4-5-9(6,7)8/h2,5H2,1H3. The molecule has 0 aromatic rings. The molecule has 2 nitrogen and oxygen atoms in total. The molecule has 0 aliphatic rings. The van der Waals surface area contributed by atoms with Gasteiger partial charge in [-0.25, -0.2) is 8.42 Å². The summed E-state index contributed by atoms with van der Waals surface area (Å²) in [7, 11) is 1.44. The van der Waals surface area contributed by atoms with Crippen LogP contribution in [0.2, 0.25) is 0 Å². The van der Waals surface area contributed by atoms with Crippen LogP contribution < -0.4 is 0 Å². The van der Waals surface area contributed by atoms with Crippen molar-refractivity contribution in [2.45, 2.75) is 13.3 Å². The van der Waals surface area contributed by atoms with Gasteiger partial charge in [-0.1, -0.05) is 12.8 Å². The summed E-state index contributed by atoms with van der Waals surface area (Å²) in [6.07, 6.45) is 0.659. The Bertz CT molecular complexity index is 219. The normalized spacial score (nSPS) is 10.0. The first kappa shape index (κ1) is 8.80. The molecule has 0 heterocycles. The fourth-order valence-electron chi connectivity index (χ4n) is 0.262. The van der Waals surface area contributed by atoms with E-state index in [0.29, 0.717) is 6.42 Å². The molecule has 0 fully saturated rings. The van der Waals surface area contributed by atoms with Gasteiger partial charge in [0.1, 0.15) is 5.75 Å². The number of hydrogen-bond acceptors (Lipinski definition) is 2. The molecule has 0 aromatic carbocycles. The zero-order valence-corrected chi connectivity index (χ0v) is 6.59. The molecule has 0 spiro atoms. The zero-order chi connectivity index (χ0) is 7.33. The lowest BCUT2D eigenvalue weighted by molar-refractivity contribution is 0.612. The van der Waals surface area contributed by atoms with Crippen molar-refractivity contribution in [1.29, 1.82) is 0 Å². The van der Waals surface area contributed by atoms with Crippen LogP contribution in [0.3, 0.4) is 0 Å². The summed E-state index contributed by atoms with van der Waals surface area (Å²) >= 11 is 0. The van der Waals surface area contributed by atoms with E-state index in [1.807, 2.05) is 6.92 Å². The van der Waals surface area contributed by atoms with E-state index in [2.05, 4.69) is 11.8 Å². The number of halogens is 1. The average molecular weight is 167 g/mol. The molecule has 0 bridgehead atoms. The van der Waals surface area contributed by atoms with Crippen molar-refractivity contribution in [1.82, 2.24) is 0 Å². The van der Waals surface area contributed by atoms with E-state index in [9.17, 15) is 8.42 Å². The van der Waals surface area contributed by atoms with Crippen LogP contribution in [-0.4, -0.2) is 14.2 Å². The van der Waals surface area contributed by atoms with Gasteiger partial charge in [0.2, 0.25) is 9.05 Å². The molecule has 0 N–H and O–H groups in total. The summed E-state index contributed by atoms with van der Waals surface area (Å²) in [5, 5.41) is 0. The van der Waals surface area contributed by atoms with E-state index < -0.39 is 9.05 Å². The monoisotopic (exact) mass is 166 g/mol. The molecular weight excluding hydrogens is 160 g/mol. The van der Waals surface area contributed by atoms with Gasteiger partial charge < -0.3 is 0 Å². The van der Waals surface area contributed by atoms with E-state index in [4.69, 9.17) is 10.7 Å². The van der Waals surface area contributed by atoms with Crippen molar-refractivity contribution in [3.8, 4) is 11.8 Å². The molecule has 0 radical (unpaired) electrons. The van der Waals surface area contributed by atoms with Crippen LogP contribution in [0.25, 0.3) is 0 Å². The van der Waals surface area contributed by atoms with Crippen LogP contribution in [0, 0.1) is 11.8 Å². The SMILES string of the molecule is CCC#CCS(=O)(=O)Cl. The molecule has 4 heteroatoms. The smallest absolute Gasteiger partial charge is 0.211 e. The quantitative estimate of drug-likeness (QED) is 0.430. The Balaban J connectivity index is 3.79. The molecule has 0 aliphatic heterocycles. The lowest BCUT2D eigenvalue weighted by Crippen LogP contribution is -1.92. The molecule has 0 unspecified atom stereocenters. The Labute approximate surface area is 59.6 Å². The Kier molecular flexibility index (Phi) is 3.67. The first-order valence-electron chi connectivity index (χ1n) is 2.44. The maximum absolute atomic E-state index is 10.2. The largest absolute Gasteiger partial charge is 0.243 e. The van der Waals surface area contributed by atoms with Crippen LogP contribution in [0.15, 0.2) is 0 Å². The molecule has 0 aromatic heterocycles. The van der Waals surface area contributed by atoms with E-state index in [1.54, 1.807) is 0 Å². The van der Waals surface area contributed by atoms with Crippen molar-refractivity contribution in [2.75, 3.05) is 5.75 Å². The minimum absolute atomic E-state index is 0.248. The lowest BCUT2D eigenvalue weighted by atomic mass is 10.5. The molecule has 9 heavy (non-hydrogen) atoms. The Hall–Kier alpha value is -0.200. The summed E-state index contributed by atoms with van der Waals surface area (Å²) in [6.45, 7) is 1.84. The van der Waals surface area contributed by atoms with Crippen molar-refractivity contribution in [2.24, 2.45) is 0 Å². The highest BCUT2D eigenvalue weighted by atomic mass is 35.7. The van der Waals surface area contributed by atoms with Gasteiger partial charge >= 0.3 is 0 Å². The van der Waals surface area contributed by atoms with Gasteiger partial charge in [0.15, 0.2) is 0 Å². The molecule has 52 valence electrons. The molecular formula is C5H7ClO2S. The van der Waals surface area contributed by atoms with Gasteiger partial charge in [0.05, 0.1) is 0 Å². The van der Waals surface area contributed by atoms with Crippen molar-refractivity contribution in [3.05, 3.63) is 0 Å². The third-order valence-electron chi connectivity index (χ3n) is 0.546. The molecule has 0 rings (SSSR count). The highest BCUT2D eigenvalue weighted by Crippen LogP contribution is 1.92. The number of rotatable bonds is 1. The molecule has 0 atom stereocenters. The highest BCUT2D eigenvalue weighted by Gasteiger charge is 1.98. The van der Waals surface area contributed by atoms with Gasteiger partial charge in [-0.15, -0.1) is 5.92 Å². The average Bonchev–Trinajstić information content (AvgIpc) is 1.63. The van der Waals surface area contributed by atoms with Gasteiger partial charge in [-0.05, 0) is 0 Å². The van der Waals surface area contributed by atoms with E-state index >= 15 is 0 Å². The fourth-order valence-corrected chi connectivity index (χ4v) is 0.700. The van der Waals surface area contributed by atoms with Crippen LogP contribution in [0.5, 0.6) is 0 Å². The second kappa shape index (κ2) is 3.76. The van der Waals surface area contributed by atoms with Gasteiger partial charge in [-0.3, -0.25) is 0 Å². The van der Waals surface area contributed by atoms with E-state index in [1.165, 1.54) is 0 Å².